The molecule has 2 saturated heterocycles. The summed E-state index contributed by atoms with van der Waals surface area (Å²) in [6.45, 7) is 4.61. The molecule has 3 fully saturated rings. The van der Waals surface area contributed by atoms with E-state index in [1.54, 1.807) is 11.3 Å². The van der Waals surface area contributed by atoms with Crippen LogP contribution < -0.4 is 10.2 Å². The highest BCUT2D eigenvalue weighted by atomic mass is 32.1. The molecular formula is C21H26N4O3S. The molecule has 0 unspecified atom stereocenters. The van der Waals surface area contributed by atoms with Gasteiger partial charge in [-0.05, 0) is 43.9 Å². The van der Waals surface area contributed by atoms with Gasteiger partial charge in [0.2, 0.25) is 11.8 Å². The molecule has 29 heavy (non-hydrogen) atoms. The first-order valence-electron chi connectivity index (χ1n) is 10.5. The molecule has 0 atom stereocenters. The van der Waals surface area contributed by atoms with Crippen molar-refractivity contribution in [2.24, 2.45) is 11.8 Å². The van der Waals surface area contributed by atoms with Crippen molar-refractivity contribution in [3.05, 3.63) is 18.2 Å². The zero-order valence-electron chi connectivity index (χ0n) is 16.4. The highest BCUT2D eigenvalue weighted by Crippen LogP contribution is 2.33. The van der Waals surface area contributed by atoms with E-state index in [2.05, 4.69) is 10.2 Å². The molecule has 2 aromatic rings. The van der Waals surface area contributed by atoms with E-state index in [1.165, 1.54) is 0 Å². The lowest BCUT2D eigenvalue weighted by atomic mass is 9.95. The summed E-state index contributed by atoms with van der Waals surface area (Å²) in [6.07, 6.45) is 3.56. The summed E-state index contributed by atoms with van der Waals surface area (Å²) in [5, 5.41) is 4.09. The number of fused-ring (bicyclic) bond motifs is 1. The Morgan fingerprint density at radius 3 is 2.52 bits per heavy atom. The standard InChI is InChI=1S/C21H26N4O3S/c26-19(14-5-7-24(8-6-14)20(27)15-1-2-15)22-16-3-4-17-18(13-16)29-21(23-17)25-9-11-28-12-10-25/h3-4,13-15H,1-2,5-12H2,(H,22,26). The monoisotopic (exact) mass is 414 g/mol. The number of hydrogen-bond donors (Lipinski definition) is 1. The number of hydrogen-bond acceptors (Lipinski definition) is 6. The van der Waals surface area contributed by atoms with Gasteiger partial charge in [0, 0.05) is 43.7 Å². The molecule has 2 amide bonds. The van der Waals surface area contributed by atoms with Crippen LogP contribution in [0.4, 0.5) is 10.8 Å². The minimum atomic E-state index is -0.0284. The van der Waals surface area contributed by atoms with Crippen molar-refractivity contribution in [2.45, 2.75) is 25.7 Å². The summed E-state index contributed by atoms with van der Waals surface area (Å²) in [6, 6.07) is 5.91. The largest absolute Gasteiger partial charge is 0.378 e. The highest BCUT2D eigenvalue weighted by Gasteiger charge is 2.36. The summed E-state index contributed by atoms with van der Waals surface area (Å²) in [7, 11) is 0. The first kappa shape index (κ1) is 18.8. The molecule has 2 aliphatic heterocycles. The second-order valence-electron chi connectivity index (χ2n) is 8.14. The summed E-state index contributed by atoms with van der Waals surface area (Å²) in [4.78, 5) is 33.8. The third kappa shape index (κ3) is 4.09. The molecule has 3 aliphatic rings. The third-order valence-electron chi connectivity index (χ3n) is 6.03. The van der Waals surface area contributed by atoms with Crippen LogP contribution in [0.2, 0.25) is 0 Å². The second kappa shape index (κ2) is 7.91. The van der Waals surface area contributed by atoms with Crippen LogP contribution in [0, 0.1) is 11.8 Å². The van der Waals surface area contributed by atoms with E-state index in [4.69, 9.17) is 9.72 Å². The SMILES string of the molecule is O=C(Nc1ccc2nc(N3CCOCC3)sc2c1)C1CCN(C(=O)C2CC2)CC1. The van der Waals surface area contributed by atoms with Crippen LogP contribution in [0.25, 0.3) is 10.2 Å². The van der Waals surface area contributed by atoms with Crippen molar-refractivity contribution in [1.29, 1.82) is 0 Å². The van der Waals surface area contributed by atoms with Gasteiger partial charge in [0.05, 0.1) is 23.4 Å². The van der Waals surface area contributed by atoms with Crippen LogP contribution in [-0.4, -0.2) is 61.1 Å². The van der Waals surface area contributed by atoms with Crippen LogP contribution in [0.3, 0.4) is 0 Å². The topological polar surface area (TPSA) is 74.8 Å². The number of piperidine rings is 1. The normalized spacial score (nSPS) is 20.8. The second-order valence-corrected chi connectivity index (χ2v) is 9.15. The maximum Gasteiger partial charge on any atom is 0.227 e. The minimum Gasteiger partial charge on any atom is -0.378 e. The van der Waals surface area contributed by atoms with Gasteiger partial charge in [-0.1, -0.05) is 11.3 Å². The van der Waals surface area contributed by atoms with E-state index >= 15 is 0 Å². The van der Waals surface area contributed by atoms with Crippen molar-refractivity contribution < 1.29 is 14.3 Å². The Balaban J connectivity index is 1.20. The lowest BCUT2D eigenvalue weighted by Gasteiger charge is -2.31. The Kier molecular flexibility index (Phi) is 5.13. The molecule has 5 rings (SSSR count). The van der Waals surface area contributed by atoms with Gasteiger partial charge in [-0.15, -0.1) is 0 Å². The molecule has 1 saturated carbocycles. The summed E-state index contributed by atoms with van der Waals surface area (Å²) >= 11 is 1.66. The third-order valence-corrected chi connectivity index (χ3v) is 7.11. The van der Waals surface area contributed by atoms with Crippen LogP contribution in [0.15, 0.2) is 18.2 Å². The molecule has 154 valence electrons. The van der Waals surface area contributed by atoms with E-state index < -0.39 is 0 Å². The van der Waals surface area contributed by atoms with Gasteiger partial charge < -0.3 is 19.9 Å². The molecule has 8 heteroatoms. The number of benzene rings is 1. The smallest absolute Gasteiger partial charge is 0.227 e. The highest BCUT2D eigenvalue weighted by molar-refractivity contribution is 7.22. The molecule has 7 nitrogen and oxygen atoms in total. The minimum absolute atomic E-state index is 0.0284. The van der Waals surface area contributed by atoms with Gasteiger partial charge in [0.15, 0.2) is 5.13 Å². The zero-order chi connectivity index (χ0) is 19.8. The molecule has 1 aromatic carbocycles. The Morgan fingerprint density at radius 2 is 1.79 bits per heavy atom. The number of aromatic nitrogens is 1. The quantitative estimate of drug-likeness (QED) is 0.833. The number of morpholine rings is 1. The maximum atomic E-state index is 12.7. The molecule has 1 aromatic heterocycles. The van der Waals surface area contributed by atoms with Crippen LogP contribution in [0.1, 0.15) is 25.7 Å². The summed E-state index contributed by atoms with van der Waals surface area (Å²) < 4.78 is 6.49. The van der Waals surface area contributed by atoms with E-state index in [-0.39, 0.29) is 23.7 Å². The number of nitrogens with zero attached hydrogens (tertiary/aromatic N) is 3. The number of thiazole rings is 1. The first-order chi connectivity index (χ1) is 14.2. The van der Waals surface area contributed by atoms with Gasteiger partial charge in [-0.25, -0.2) is 4.98 Å². The van der Waals surface area contributed by atoms with Crippen LogP contribution in [0.5, 0.6) is 0 Å². The molecule has 3 heterocycles. The number of carbonyl (C=O) groups excluding carboxylic acids is 2. The number of carbonyl (C=O) groups is 2. The lowest BCUT2D eigenvalue weighted by molar-refractivity contribution is -0.135. The van der Waals surface area contributed by atoms with Gasteiger partial charge in [-0.3, -0.25) is 9.59 Å². The fraction of sp³-hybridized carbons (Fsp3) is 0.571. The van der Waals surface area contributed by atoms with Crippen LogP contribution >= 0.6 is 11.3 Å². The predicted molar refractivity (Wildman–Crippen MR) is 113 cm³/mol. The zero-order valence-corrected chi connectivity index (χ0v) is 17.2. The maximum absolute atomic E-state index is 12.7. The van der Waals surface area contributed by atoms with Gasteiger partial charge in [0.1, 0.15) is 0 Å². The molecule has 0 radical (unpaired) electrons. The van der Waals surface area contributed by atoms with Gasteiger partial charge in [0.25, 0.3) is 0 Å². The Bertz CT molecular complexity index is 912. The number of ether oxygens (including phenoxy) is 1. The fourth-order valence-electron chi connectivity index (χ4n) is 4.07. The lowest BCUT2D eigenvalue weighted by Crippen LogP contribution is -2.42. The average molecular weight is 415 g/mol. The first-order valence-corrected chi connectivity index (χ1v) is 11.3. The number of nitrogens with one attached hydrogen (secondary N) is 1. The van der Waals surface area contributed by atoms with Crippen molar-refractivity contribution in [2.75, 3.05) is 49.6 Å². The molecule has 1 N–H and O–H groups in total. The number of rotatable bonds is 4. The van der Waals surface area contributed by atoms with Crippen LogP contribution in [-0.2, 0) is 14.3 Å². The summed E-state index contributed by atoms with van der Waals surface area (Å²) in [5.41, 5.74) is 1.78. The Morgan fingerprint density at radius 1 is 1.03 bits per heavy atom. The molecule has 0 bridgehead atoms. The van der Waals surface area contributed by atoms with Gasteiger partial charge >= 0.3 is 0 Å². The molecule has 0 spiro atoms. The van der Waals surface area contributed by atoms with Gasteiger partial charge in [-0.2, -0.15) is 0 Å². The fourth-order valence-corrected chi connectivity index (χ4v) is 5.13. The summed E-state index contributed by atoms with van der Waals surface area (Å²) in [5.74, 6) is 0.574. The van der Waals surface area contributed by atoms with E-state index in [0.29, 0.717) is 13.1 Å². The van der Waals surface area contributed by atoms with E-state index in [0.717, 1.165) is 73.0 Å². The average Bonchev–Trinajstić information content (AvgIpc) is 3.53. The van der Waals surface area contributed by atoms with Crippen molar-refractivity contribution in [3.8, 4) is 0 Å². The van der Waals surface area contributed by atoms with Crippen molar-refractivity contribution >= 4 is 44.2 Å². The number of amides is 2. The Hall–Kier alpha value is -2.19. The number of likely N-dealkylation sites (tertiary alicyclic amines) is 1. The van der Waals surface area contributed by atoms with E-state index in [1.807, 2.05) is 23.1 Å². The van der Waals surface area contributed by atoms with E-state index in [9.17, 15) is 9.59 Å². The number of anilines is 2. The molecule has 1 aliphatic carbocycles. The van der Waals surface area contributed by atoms with Crippen molar-refractivity contribution in [1.82, 2.24) is 9.88 Å². The Labute approximate surface area is 174 Å². The van der Waals surface area contributed by atoms with Crippen molar-refractivity contribution in [3.63, 3.8) is 0 Å². The predicted octanol–water partition coefficient (Wildman–Crippen LogP) is 2.72. The molecular weight excluding hydrogens is 388 g/mol.